The van der Waals surface area contributed by atoms with Gasteiger partial charge in [-0.3, -0.25) is 4.79 Å². The largest absolute Gasteiger partial charge is 0.491 e. The van der Waals surface area contributed by atoms with E-state index in [1.165, 1.54) is 18.3 Å². The van der Waals surface area contributed by atoms with Crippen molar-refractivity contribution in [2.45, 2.75) is 18.9 Å². The molecule has 2 heterocycles. The normalized spacial score (nSPS) is 16.4. The number of carboxylic acid groups (broad SMARTS) is 1. The maximum atomic E-state index is 12.3. The number of aromatic carboxylic acids is 1. The summed E-state index contributed by atoms with van der Waals surface area (Å²) in [7, 11) is 0. The minimum absolute atomic E-state index is 0.115. The van der Waals surface area contributed by atoms with Crippen LogP contribution >= 0.6 is 0 Å². The number of nitrogens with zero attached hydrogens (tertiary/aromatic N) is 1. The predicted molar refractivity (Wildman–Crippen MR) is 90.1 cm³/mol. The molecule has 0 saturated carbocycles. The topological polar surface area (TPSA) is 97.8 Å². The first-order chi connectivity index (χ1) is 12.1. The number of carbonyl (C=O) groups is 2. The second-order valence-corrected chi connectivity index (χ2v) is 5.66. The Kier molecular flexibility index (Phi) is 5.25. The summed E-state index contributed by atoms with van der Waals surface area (Å²) in [6.45, 7) is 1.25. The predicted octanol–water partition coefficient (Wildman–Crippen LogP) is 2.59. The third-order valence-corrected chi connectivity index (χ3v) is 3.79. The minimum atomic E-state index is -1.18. The zero-order valence-electron chi connectivity index (χ0n) is 13.5. The zero-order valence-corrected chi connectivity index (χ0v) is 13.5. The van der Waals surface area contributed by atoms with Gasteiger partial charge in [-0.2, -0.15) is 0 Å². The molecule has 2 N–H and O–H groups in total. The lowest BCUT2D eigenvalue weighted by Gasteiger charge is -2.12. The lowest BCUT2D eigenvalue weighted by Crippen LogP contribution is -2.16. The first kappa shape index (κ1) is 16.9. The molecule has 1 aliphatic heterocycles. The van der Waals surface area contributed by atoms with Crippen LogP contribution in [0.5, 0.6) is 5.75 Å². The average molecular weight is 342 g/mol. The van der Waals surface area contributed by atoms with Gasteiger partial charge in [0.15, 0.2) is 0 Å². The second-order valence-electron chi connectivity index (χ2n) is 5.66. The molecule has 1 fully saturated rings. The zero-order chi connectivity index (χ0) is 17.6. The summed E-state index contributed by atoms with van der Waals surface area (Å²) in [6.07, 6.45) is 3.45. The van der Waals surface area contributed by atoms with Crippen LogP contribution in [0.15, 0.2) is 42.6 Å². The van der Waals surface area contributed by atoms with E-state index in [0.29, 0.717) is 18.0 Å². The minimum Gasteiger partial charge on any atom is -0.491 e. The van der Waals surface area contributed by atoms with Crippen LogP contribution in [0.4, 0.5) is 5.69 Å². The molecule has 1 aromatic carbocycles. The Morgan fingerprint density at radius 2 is 2.20 bits per heavy atom. The number of amides is 1. The fraction of sp³-hybridized carbons (Fsp3) is 0.278. The Labute approximate surface area is 144 Å². The summed E-state index contributed by atoms with van der Waals surface area (Å²) >= 11 is 0. The molecule has 0 bridgehead atoms. The number of hydrogen-bond acceptors (Lipinski definition) is 5. The van der Waals surface area contributed by atoms with Crippen LogP contribution in [0.1, 0.15) is 33.7 Å². The second kappa shape index (κ2) is 7.76. The molecule has 1 amide bonds. The standard InChI is InChI=1S/C18H18N2O5/c21-17(12-6-7-19-16(9-12)18(22)23)20-13-3-1-4-14(10-13)25-11-15-5-2-8-24-15/h1,3-4,6-7,9-10,15H,2,5,8,11H2,(H,20,21)(H,22,23). The van der Waals surface area contributed by atoms with Crippen molar-refractivity contribution >= 4 is 17.6 Å². The van der Waals surface area contributed by atoms with Crippen LogP contribution in [0.3, 0.4) is 0 Å². The lowest BCUT2D eigenvalue weighted by atomic mass is 10.2. The smallest absolute Gasteiger partial charge is 0.354 e. The van der Waals surface area contributed by atoms with E-state index >= 15 is 0 Å². The van der Waals surface area contributed by atoms with Crippen LogP contribution in [-0.2, 0) is 4.74 Å². The Hall–Kier alpha value is -2.93. The molecule has 0 radical (unpaired) electrons. The van der Waals surface area contributed by atoms with Gasteiger partial charge in [-0.25, -0.2) is 9.78 Å². The van der Waals surface area contributed by atoms with Crippen molar-refractivity contribution < 1.29 is 24.2 Å². The average Bonchev–Trinajstić information content (AvgIpc) is 3.14. The highest BCUT2D eigenvalue weighted by Gasteiger charge is 2.16. The Morgan fingerprint density at radius 1 is 1.32 bits per heavy atom. The van der Waals surface area contributed by atoms with Gasteiger partial charge in [0.05, 0.1) is 6.10 Å². The Balaban J connectivity index is 1.63. The van der Waals surface area contributed by atoms with E-state index in [1.54, 1.807) is 24.3 Å². The maximum absolute atomic E-state index is 12.3. The van der Waals surface area contributed by atoms with Crippen molar-refractivity contribution in [2.24, 2.45) is 0 Å². The van der Waals surface area contributed by atoms with Gasteiger partial charge in [0.25, 0.3) is 5.91 Å². The maximum Gasteiger partial charge on any atom is 0.354 e. The van der Waals surface area contributed by atoms with E-state index in [9.17, 15) is 9.59 Å². The van der Waals surface area contributed by atoms with Gasteiger partial charge in [-0.1, -0.05) is 6.07 Å². The first-order valence-corrected chi connectivity index (χ1v) is 7.97. The molecular formula is C18H18N2O5. The fourth-order valence-corrected chi connectivity index (χ4v) is 2.52. The molecule has 0 spiro atoms. The number of carbonyl (C=O) groups excluding carboxylic acids is 1. The van der Waals surface area contributed by atoms with Crippen LogP contribution in [0, 0.1) is 0 Å². The highest BCUT2D eigenvalue weighted by Crippen LogP contribution is 2.20. The number of hydrogen-bond donors (Lipinski definition) is 2. The van der Waals surface area contributed by atoms with Crippen molar-refractivity contribution in [3.63, 3.8) is 0 Å². The van der Waals surface area contributed by atoms with Gasteiger partial charge in [-0.05, 0) is 37.1 Å². The van der Waals surface area contributed by atoms with Gasteiger partial charge in [-0.15, -0.1) is 0 Å². The molecule has 7 nitrogen and oxygen atoms in total. The van der Waals surface area contributed by atoms with Crippen molar-refractivity contribution in [1.82, 2.24) is 4.98 Å². The van der Waals surface area contributed by atoms with Crippen molar-refractivity contribution in [1.29, 1.82) is 0 Å². The number of ether oxygens (including phenoxy) is 2. The number of nitrogens with one attached hydrogen (secondary N) is 1. The van der Waals surface area contributed by atoms with Gasteiger partial charge >= 0.3 is 5.97 Å². The molecule has 1 unspecified atom stereocenters. The van der Waals surface area contributed by atoms with Gasteiger partial charge in [0.2, 0.25) is 0 Å². The molecule has 1 aromatic heterocycles. The molecule has 130 valence electrons. The highest BCUT2D eigenvalue weighted by molar-refractivity contribution is 6.05. The van der Waals surface area contributed by atoms with E-state index < -0.39 is 11.9 Å². The molecule has 1 saturated heterocycles. The summed E-state index contributed by atoms with van der Waals surface area (Å²) in [5.74, 6) is -0.963. The number of anilines is 1. The number of pyridine rings is 1. The summed E-state index contributed by atoms with van der Waals surface area (Å²) < 4.78 is 11.2. The number of benzene rings is 1. The fourth-order valence-electron chi connectivity index (χ4n) is 2.52. The van der Waals surface area contributed by atoms with E-state index in [0.717, 1.165) is 19.4 Å². The van der Waals surface area contributed by atoms with Crippen LogP contribution in [-0.4, -0.2) is 41.3 Å². The molecule has 1 atom stereocenters. The number of rotatable bonds is 6. The van der Waals surface area contributed by atoms with Crippen molar-refractivity contribution in [2.75, 3.05) is 18.5 Å². The van der Waals surface area contributed by atoms with E-state index in [4.69, 9.17) is 14.6 Å². The van der Waals surface area contributed by atoms with Gasteiger partial charge in [0.1, 0.15) is 18.1 Å². The summed E-state index contributed by atoms with van der Waals surface area (Å²) in [5, 5.41) is 11.7. The monoisotopic (exact) mass is 342 g/mol. The van der Waals surface area contributed by atoms with Crippen LogP contribution < -0.4 is 10.1 Å². The molecular weight excluding hydrogens is 324 g/mol. The molecule has 0 aliphatic carbocycles. The van der Waals surface area contributed by atoms with Crippen LogP contribution in [0.2, 0.25) is 0 Å². The highest BCUT2D eigenvalue weighted by atomic mass is 16.5. The van der Waals surface area contributed by atoms with E-state index in [2.05, 4.69) is 10.3 Å². The number of carboxylic acids is 1. The molecule has 3 rings (SSSR count). The van der Waals surface area contributed by atoms with Gasteiger partial charge < -0.3 is 19.9 Å². The van der Waals surface area contributed by atoms with E-state index in [-0.39, 0.29) is 17.4 Å². The molecule has 1 aliphatic rings. The SMILES string of the molecule is O=C(Nc1cccc(OCC2CCCO2)c1)c1ccnc(C(=O)O)c1. The van der Waals surface area contributed by atoms with Crippen LogP contribution in [0.25, 0.3) is 0 Å². The molecule has 25 heavy (non-hydrogen) atoms. The van der Waals surface area contributed by atoms with Gasteiger partial charge in [0, 0.05) is 30.1 Å². The third kappa shape index (κ3) is 4.54. The molecule has 2 aromatic rings. The lowest BCUT2D eigenvalue weighted by molar-refractivity contribution is 0.0679. The quantitative estimate of drug-likeness (QED) is 0.837. The Bertz CT molecular complexity index is 772. The van der Waals surface area contributed by atoms with Crippen molar-refractivity contribution in [3.05, 3.63) is 53.9 Å². The third-order valence-electron chi connectivity index (χ3n) is 3.79. The first-order valence-electron chi connectivity index (χ1n) is 7.97. The van der Waals surface area contributed by atoms with E-state index in [1.807, 2.05) is 0 Å². The van der Waals surface area contributed by atoms with Crippen molar-refractivity contribution in [3.8, 4) is 5.75 Å². The summed E-state index contributed by atoms with van der Waals surface area (Å²) in [6, 6.07) is 9.71. The summed E-state index contributed by atoms with van der Waals surface area (Å²) in [5.41, 5.74) is 0.600. The summed E-state index contributed by atoms with van der Waals surface area (Å²) in [4.78, 5) is 26.9. The molecule has 7 heteroatoms. The number of aromatic nitrogens is 1. The Morgan fingerprint density at radius 3 is 2.96 bits per heavy atom.